The summed E-state index contributed by atoms with van der Waals surface area (Å²) < 4.78 is 0. The number of fused-ring (bicyclic) bond motifs is 2. The van der Waals surface area contributed by atoms with Gasteiger partial charge < -0.3 is 0 Å². The van der Waals surface area contributed by atoms with Crippen molar-refractivity contribution < 1.29 is 0 Å². The lowest BCUT2D eigenvalue weighted by Crippen LogP contribution is -2.10. The fourth-order valence-corrected chi connectivity index (χ4v) is 3.02. The molecule has 0 atom stereocenters. The fraction of sp³-hybridized carbons (Fsp3) is 0.375. The van der Waals surface area contributed by atoms with Gasteiger partial charge in [-0.2, -0.15) is 0 Å². The van der Waals surface area contributed by atoms with Crippen molar-refractivity contribution in [3.63, 3.8) is 0 Å². The second-order valence-electron chi connectivity index (χ2n) is 9.16. The van der Waals surface area contributed by atoms with Crippen molar-refractivity contribution in [3.05, 3.63) is 65.6 Å². The maximum absolute atomic E-state index is 4.35. The zero-order chi connectivity index (χ0) is 19.7. The Balaban J connectivity index is 0.000000156. The Morgan fingerprint density at radius 2 is 1.48 bits per heavy atom. The van der Waals surface area contributed by atoms with Gasteiger partial charge in [-0.05, 0) is 45.7 Å². The van der Waals surface area contributed by atoms with Gasteiger partial charge in [-0.1, -0.05) is 59.7 Å². The molecule has 3 nitrogen and oxygen atoms in total. The average Bonchev–Trinajstić information content (AvgIpc) is 3.08. The molecular weight excluding hydrogens is 330 g/mol. The molecule has 0 radical (unpaired) electrons. The van der Waals surface area contributed by atoms with E-state index >= 15 is 0 Å². The number of aromatic nitrogens is 2. The van der Waals surface area contributed by atoms with Crippen LogP contribution in [0, 0.1) is 0 Å². The molecule has 0 amide bonds. The topological polar surface area (TPSA) is 38.1 Å². The molecule has 4 rings (SSSR count). The predicted molar refractivity (Wildman–Crippen MR) is 115 cm³/mol. The highest BCUT2D eigenvalue weighted by Crippen LogP contribution is 2.30. The molecule has 1 aliphatic rings. The molecule has 140 valence electrons. The lowest BCUT2D eigenvalue weighted by atomic mass is 9.86. The summed E-state index contributed by atoms with van der Waals surface area (Å²) in [5, 5.41) is 1.11. The highest BCUT2D eigenvalue weighted by Gasteiger charge is 2.16. The van der Waals surface area contributed by atoms with Gasteiger partial charge in [-0.15, -0.1) is 0 Å². The van der Waals surface area contributed by atoms with E-state index < -0.39 is 0 Å². The largest absolute Gasteiger partial charge is 0.261 e. The molecule has 0 unspecified atom stereocenters. The number of hydrogen-bond acceptors (Lipinski definition) is 3. The second-order valence-corrected chi connectivity index (χ2v) is 9.16. The number of hydrogen-bond donors (Lipinski definition) is 0. The van der Waals surface area contributed by atoms with Crippen LogP contribution in [0.3, 0.4) is 0 Å². The summed E-state index contributed by atoms with van der Waals surface area (Å²) in [5.41, 5.74) is 6.62. The third-order valence-electron chi connectivity index (χ3n) is 4.86. The zero-order valence-corrected chi connectivity index (χ0v) is 17.2. The molecule has 3 heteroatoms. The second kappa shape index (κ2) is 7.22. The van der Waals surface area contributed by atoms with Crippen LogP contribution in [0.1, 0.15) is 58.2 Å². The molecule has 0 saturated carbocycles. The molecule has 0 spiro atoms. The van der Waals surface area contributed by atoms with Crippen molar-refractivity contribution in [1.82, 2.24) is 9.97 Å². The first-order valence-electron chi connectivity index (χ1n) is 9.51. The quantitative estimate of drug-likeness (QED) is 0.481. The first-order chi connectivity index (χ1) is 12.6. The summed E-state index contributed by atoms with van der Waals surface area (Å²) in [7, 11) is 0. The Labute approximate surface area is 162 Å². The van der Waals surface area contributed by atoms with Crippen LogP contribution in [0.2, 0.25) is 0 Å². The normalized spacial score (nSPS) is 13.3. The summed E-state index contributed by atoms with van der Waals surface area (Å²) in [5.74, 6) is 0. The molecular formula is C24H29N3. The van der Waals surface area contributed by atoms with Gasteiger partial charge in [0.15, 0.2) is 0 Å². The Hall–Kier alpha value is -2.55. The smallest absolute Gasteiger partial charge is 0.116 e. The van der Waals surface area contributed by atoms with E-state index in [0.717, 1.165) is 23.0 Å². The summed E-state index contributed by atoms with van der Waals surface area (Å²) in [4.78, 5) is 12.6. The van der Waals surface area contributed by atoms with E-state index in [9.17, 15) is 0 Å². The summed E-state index contributed by atoms with van der Waals surface area (Å²) in [6.07, 6.45) is 6.42. The van der Waals surface area contributed by atoms with Crippen LogP contribution in [0.4, 0.5) is 5.69 Å². The Morgan fingerprint density at radius 3 is 2.19 bits per heavy atom. The molecule has 0 fully saturated rings. The monoisotopic (exact) mass is 359 g/mol. The van der Waals surface area contributed by atoms with E-state index in [1.54, 1.807) is 6.33 Å². The van der Waals surface area contributed by atoms with Gasteiger partial charge in [-0.3, -0.25) is 4.99 Å². The van der Waals surface area contributed by atoms with Crippen LogP contribution >= 0.6 is 0 Å². The van der Waals surface area contributed by atoms with Crippen LogP contribution in [-0.2, 0) is 17.3 Å². The minimum absolute atomic E-state index is 0.185. The van der Waals surface area contributed by atoms with Crippen molar-refractivity contribution in [2.45, 2.75) is 58.8 Å². The number of aliphatic imine (C=N–C) groups is 1. The van der Waals surface area contributed by atoms with Crippen molar-refractivity contribution in [3.8, 4) is 0 Å². The van der Waals surface area contributed by atoms with Crippen molar-refractivity contribution >= 4 is 22.8 Å². The molecule has 0 N–H and O–H groups in total. The van der Waals surface area contributed by atoms with Gasteiger partial charge in [0.25, 0.3) is 0 Å². The molecule has 1 aliphatic heterocycles. The maximum Gasteiger partial charge on any atom is 0.116 e. The van der Waals surface area contributed by atoms with E-state index in [4.69, 9.17) is 0 Å². The van der Waals surface area contributed by atoms with Crippen LogP contribution < -0.4 is 0 Å². The zero-order valence-electron chi connectivity index (χ0n) is 17.2. The number of rotatable bonds is 0. The third kappa shape index (κ3) is 4.60. The van der Waals surface area contributed by atoms with Crippen molar-refractivity contribution in [1.29, 1.82) is 0 Å². The van der Waals surface area contributed by atoms with Crippen LogP contribution in [0.15, 0.2) is 53.9 Å². The minimum Gasteiger partial charge on any atom is -0.261 e. The summed E-state index contributed by atoms with van der Waals surface area (Å²) in [6.45, 7) is 13.3. The predicted octanol–water partition coefficient (Wildman–Crippen LogP) is 6.17. The first kappa shape index (κ1) is 19.2. The SMILES string of the molecule is CC(C)(C)c1ccc2c(c1)N=CC2.CC(C)(C)c1ccc2ncncc2c1. The lowest BCUT2D eigenvalue weighted by Gasteiger charge is -2.19. The Morgan fingerprint density at radius 1 is 0.815 bits per heavy atom. The van der Waals surface area contributed by atoms with E-state index in [1.807, 2.05) is 12.4 Å². The van der Waals surface area contributed by atoms with Crippen molar-refractivity contribution in [2.24, 2.45) is 4.99 Å². The van der Waals surface area contributed by atoms with Crippen LogP contribution in [-0.4, -0.2) is 16.2 Å². The molecule has 2 aromatic carbocycles. The molecule has 0 bridgehead atoms. The van der Waals surface area contributed by atoms with Crippen LogP contribution in [0.5, 0.6) is 0 Å². The van der Waals surface area contributed by atoms with Gasteiger partial charge in [0.1, 0.15) is 6.33 Å². The van der Waals surface area contributed by atoms with E-state index in [1.165, 1.54) is 16.7 Å². The van der Waals surface area contributed by atoms with Gasteiger partial charge in [0, 0.05) is 24.2 Å². The first-order valence-corrected chi connectivity index (χ1v) is 9.51. The van der Waals surface area contributed by atoms with Gasteiger partial charge in [0.2, 0.25) is 0 Å². The average molecular weight is 360 g/mol. The molecule has 2 heterocycles. The Kier molecular flexibility index (Phi) is 5.14. The Bertz CT molecular complexity index is 973. The highest BCUT2D eigenvalue weighted by atomic mass is 14.8. The van der Waals surface area contributed by atoms with E-state index in [0.29, 0.717) is 0 Å². The standard InChI is InChI=1S/C12H14N2.C12H15N/c1-12(2,3)10-4-5-11-9(6-10)7-13-8-14-11;1-12(2,3)10-5-4-9-6-7-13-11(9)8-10/h4-8H,1-3H3;4-5,7-8H,6H2,1-3H3. The van der Waals surface area contributed by atoms with Crippen molar-refractivity contribution in [2.75, 3.05) is 0 Å². The third-order valence-corrected chi connectivity index (χ3v) is 4.86. The minimum atomic E-state index is 0.185. The molecule has 1 aromatic heterocycles. The fourth-order valence-electron chi connectivity index (χ4n) is 3.02. The summed E-state index contributed by atoms with van der Waals surface area (Å²) >= 11 is 0. The molecule has 3 aromatic rings. The lowest BCUT2D eigenvalue weighted by molar-refractivity contribution is 0.590. The number of benzene rings is 2. The van der Waals surface area contributed by atoms with Gasteiger partial charge in [-0.25, -0.2) is 9.97 Å². The summed E-state index contributed by atoms with van der Waals surface area (Å²) in [6, 6.07) is 13.0. The van der Waals surface area contributed by atoms with Crippen LogP contribution in [0.25, 0.3) is 10.9 Å². The van der Waals surface area contributed by atoms with Gasteiger partial charge in [0.05, 0.1) is 11.2 Å². The highest BCUT2D eigenvalue weighted by molar-refractivity contribution is 5.78. The maximum atomic E-state index is 4.35. The number of nitrogens with zero attached hydrogens (tertiary/aromatic N) is 3. The molecule has 0 aliphatic carbocycles. The van der Waals surface area contributed by atoms with E-state index in [-0.39, 0.29) is 10.8 Å². The molecule has 27 heavy (non-hydrogen) atoms. The van der Waals surface area contributed by atoms with E-state index in [2.05, 4.69) is 92.9 Å². The molecule has 0 saturated heterocycles. The van der Waals surface area contributed by atoms with Gasteiger partial charge >= 0.3 is 0 Å².